The van der Waals surface area contributed by atoms with Gasteiger partial charge in [0.2, 0.25) is 15.9 Å². The predicted molar refractivity (Wildman–Crippen MR) is 105 cm³/mol. The van der Waals surface area contributed by atoms with Crippen molar-refractivity contribution in [2.75, 3.05) is 33.9 Å². The summed E-state index contributed by atoms with van der Waals surface area (Å²) in [6.07, 6.45) is 0.379. The summed E-state index contributed by atoms with van der Waals surface area (Å²) in [5.41, 5.74) is 1.55. The first-order valence-corrected chi connectivity index (χ1v) is 10.6. The number of ether oxygens (including phenoxy) is 1. The van der Waals surface area contributed by atoms with Gasteiger partial charge in [-0.05, 0) is 24.3 Å². The molecule has 1 atom stereocenters. The predicted octanol–water partition coefficient (Wildman–Crippen LogP) is 1.59. The van der Waals surface area contributed by atoms with Gasteiger partial charge in [-0.1, -0.05) is 24.3 Å². The SMILES string of the molecule is CS(=O)(=O)N1CCC(C(=O)N2CC(=O)Nc3ccccc32)Oc2ccccc21. The molecule has 0 bridgehead atoms. The van der Waals surface area contributed by atoms with E-state index in [9.17, 15) is 18.0 Å². The normalized spacial score (nSPS) is 19.0. The van der Waals surface area contributed by atoms with Crippen LogP contribution in [0.15, 0.2) is 48.5 Å². The number of sulfonamides is 1. The van der Waals surface area contributed by atoms with Gasteiger partial charge < -0.3 is 10.1 Å². The van der Waals surface area contributed by atoms with Crippen molar-refractivity contribution < 1.29 is 22.7 Å². The van der Waals surface area contributed by atoms with Crippen LogP contribution in [0, 0.1) is 0 Å². The van der Waals surface area contributed by atoms with E-state index in [-0.39, 0.29) is 31.3 Å². The van der Waals surface area contributed by atoms with Gasteiger partial charge >= 0.3 is 0 Å². The zero-order chi connectivity index (χ0) is 19.9. The number of anilines is 3. The first-order valence-electron chi connectivity index (χ1n) is 8.78. The van der Waals surface area contributed by atoms with E-state index in [1.54, 1.807) is 48.5 Å². The Balaban J connectivity index is 1.68. The summed E-state index contributed by atoms with van der Waals surface area (Å²) >= 11 is 0. The highest BCUT2D eigenvalue weighted by molar-refractivity contribution is 7.92. The number of amides is 2. The lowest BCUT2D eigenvalue weighted by Crippen LogP contribution is -2.48. The molecule has 0 aliphatic carbocycles. The maximum atomic E-state index is 13.2. The first-order chi connectivity index (χ1) is 13.3. The monoisotopic (exact) mass is 401 g/mol. The fourth-order valence-electron chi connectivity index (χ4n) is 3.45. The Kier molecular flexibility index (Phi) is 4.46. The molecule has 2 amide bonds. The molecule has 0 saturated carbocycles. The fraction of sp³-hybridized carbons (Fsp3) is 0.263. The van der Waals surface area contributed by atoms with Crippen molar-refractivity contribution in [1.29, 1.82) is 0 Å². The molecule has 2 aliphatic heterocycles. The second kappa shape index (κ2) is 6.83. The van der Waals surface area contributed by atoms with Crippen LogP contribution in [0.25, 0.3) is 0 Å². The molecule has 9 heteroatoms. The van der Waals surface area contributed by atoms with Crippen LogP contribution in [0.2, 0.25) is 0 Å². The van der Waals surface area contributed by atoms with Crippen LogP contribution in [-0.2, 0) is 19.6 Å². The van der Waals surface area contributed by atoms with Crippen LogP contribution in [0.5, 0.6) is 5.75 Å². The maximum Gasteiger partial charge on any atom is 0.268 e. The Labute approximate surface area is 162 Å². The average molecular weight is 401 g/mol. The van der Waals surface area contributed by atoms with Crippen molar-refractivity contribution in [3.05, 3.63) is 48.5 Å². The van der Waals surface area contributed by atoms with Gasteiger partial charge in [0.1, 0.15) is 12.3 Å². The first kappa shape index (κ1) is 18.3. The van der Waals surface area contributed by atoms with E-state index < -0.39 is 16.1 Å². The molecule has 0 radical (unpaired) electrons. The van der Waals surface area contributed by atoms with Crippen LogP contribution in [0.4, 0.5) is 17.1 Å². The molecule has 28 heavy (non-hydrogen) atoms. The van der Waals surface area contributed by atoms with E-state index in [1.165, 1.54) is 9.21 Å². The molecule has 0 fully saturated rings. The zero-order valence-electron chi connectivity index (χ0n) is 15.2. The van der Waals surface area contributed by atoms with Gasteiger partial charge in [-0.25, -0.2) is 8.42 Å². The third-order valence-electron chi connectivity index (χ3n) is 4.71. The minimum atomic E-state index is -3.53. The minimum Gasteiger partial charge on any atom is -0.478 e. The maximum absolute atomic E-state index is 13.2. The highest BCUT2D eigenvalue weighted by Gasteiger charge is 2.36. The van der Waals surface area contributed by atoms with Gasteiger partial charge in [-0.15, -0.1) is 0 Å². The summed E-state index contributed by atoms with van der Waals surface area (Å²) in [4.78, 5) is 26.7. The number of rotatable bonds is 2. The number of nitrogens with one attached hydrogen (secondary N) is 1. The van der Waals surface area contributed by atoms with E-state index in [4.69, 9.17) is 4.74 Å². The molecule has 8 nitrogen and oxygen atoms in total. The molecular formula is C19H19N3O5S. The highest BCUT2D eigenvalue weighted by atomic mass is 32.2. The zero-order valence-corrected chi connectivity index (χ0v) is 16.0. The summed E-state index contributed by atoms with van der Waals surface area (Å²) < 4.78 is 31.6. The molecule has 2 aliphatic rings. The lowest BCUT2D eigenvalue weighted by molar-refractivity contribution is -0.127. The van der Waals surface area contributed by atoms with E-state index >= 15 is 0 Å². The molecule has 0 aromatic heterocycles. The van der Waals surface area contributed by atoms with Crippen LogP contribution in [-0.4, -0.2) is 45.7 Å². The summed E-state index contributed by atoms with van der Waals surface area (Å²) in [6, 6.07) is 13.7. The Morgan fingerprint density at radius 3 is 2.54 bits per heavy atom. The molecule has 1 N–H and O–H groups in total. The van der Waals surface area contributed by atoms with Crippen molar-refractivity contribution in [1.82, 2.24) is 0 Å². The van der Waals surface area contributed by atoms with Gasteiger partial charge in [0.15, 0.2) is 6.10 Å². The van der Waals surface area contributed by atoms with Crippen LogP contribution < -0.4 is 19.3 Å². The highest BCUT2D eigenvalue weighted by Crippen LogP contribution is 2.35. The van der Waals surface area contributed by atoms with Crippen molar-refractivity contribution in [3.63, 3.8) is 0 Å². The lowest BCUT2D eigenvalue weighted by Gasteiger charge is -2.31. The largest absolute Gasteiger partial charge is 0.478 e. The number of hydrogen-bond donors (Lipinski definition) is 1. The van der Waals surface area contributed by atoms with E-state index in [1.807, 2.05) is 0 Å². The topological polar surface area (TPSA) is 96.0 Å². The van der Waals surface area contributed by atoms with Gasteiger partial charge in [0.25, 0.3) is 5.91 Å². The van der Waals surface area contributed by atoms with Gasteiger partial charge in [-0.3, -0.25) is 18.8 Å². The van der Waals surface area contributed by atoms with Gasteiger partial charge in [0.05, 0.1) is 23.3 Å². The van der Waals surface area contributed by atoms with Crippen molar-refractivity contribution in [3.8, 4) is 5.75 Å². The fourth-order valence-corrected chi connectivity index (χ4v) is 4.40. The average Bonchev–Trinajstić information content (AvgIpc) is 2.86. The molecule has 2 heterocycles. The molecule has 2 aromatic rings. The summed E-state index contributed by atoms with van der Waals surface area (Å²) in [5, 5.41) is 2.74. The number of carbonyl (C=O) groups excluding carboxylic acids is 2. The van der Waals surface area contributed by atoms with Gasteiger partial charge in [0, 0.05) is 13.0 Å². The summed E-state index contributed by atoms with van der Waals surface area (Å²) in [5.74, 6) is -0.357. The standard InChI is InChI=1S/C19H19N3O5S/c1-28(25,26)22-11-10-17(27-16-9-5-4-8-15(16)22)19(24)21-12-18(23)20-13-6-2-3-7-14(13)21/h2-9,17H,10-12H2,1H3,(H,20,23). The number of para-hydroxylation sites is 4. The third kappa shape index (κ3) is 3.29. The summed E-state index contributed by atoms with van der Waals surface area (Å²) in [7, 11) is -3.53. The Bertz CT molecular complexity index is 1050. The molecule has 4 rings (SSSR count). The second-order valence-corrected chi connectivity index (χ2v) is 8.59. The molecule has 146 valence electrons. The van der Waals surface area contributed by atoms with Crippen LogP contribution >= 0.6 is 0 Å². The third-order valence-corrected chi connectivity index (χ3v) is 5.89. The second-order valence-electron chi connectivity index (χ2n) is 6.69. The molecule has 0 saturated heterocycles. The van der Waals surface area contributed by atoms with E-state index in [0.29, 0.717) is 22.8 Å². The number of nitrogens with zero attached hydrogens (tertiary/aromatic N) is 2. The molecule has 1 unspecified atom stereocenters. The number of hydrogen-bond acceptors (Lipinski definition) is 5. The van der Waals surface area contributed by atoms with Crippen molar-refractivity contribution in [2.45, 2.75) is 12.5 Å². The minimum absolute atomic E-state index is 0.105. The van der Waals surface area contributed by atoms with E-state index in [2.05, 4.69) is 5.32 Å². The van der Waals surface area contributed by atoms with Crippen molar-refractivity contribution in [2.24, 2.45) is 0 Å². The molecule has 0 spiro atoms. The van der Waals surface area contributed by atoms with Crippen LogP contribution in [0.3, 0.4) is 0 Å². The van der Waals surface area contributed by atoms with Crippen molar-refractivity contribution >= 4 is 38.9 Å². The smallest absolute Gasteiger partial charge is 0.268 e. The number of fused-ring (bicyclic) bond motifs is 2. The quantitative estimate of drug-likeness (QED) is 0.824. The Morgan fingerprint density at radius 2 is 1.79 bits per heavy atom. The lowest BCUT2D eigenvalue weighted by atomic mass is 10.1. The summed E-state index contributed by atoms with van der Waals surface area (Å²) in [6.45, 7) is -0.0128. The number of carbonyl (C=O) groups is 2. The Hall–Kier alpha value is -3.07. The number of benzene rings is 2. The van der Waals surface area contributed by atoms with Crippen LogP contribution in [0.1, 0.15) is 6.42 Å². The molecular weight excluding hydrogens is 382 g/mol. The van der Waals surface area contributed by atoms with E-state index in [0.717, 1.165) is 6.26 Å². The molecule has 2 aromatic carbocycles. The Morgan fingerprint density at radius 1 is 1.11 bits per heavy atom. The van der Waals surface area contributed by atoms with Gasteiger partial charge in [-0.2, -0.15) is 0 Å².